The van der Waals surface area contributed by atoms with Gasteiger partial charge in [-0.25, -0.2) is 0 Å². The third-order valence-electron chi connectivity index (χ3n) is 11.2. The minimum Gasteiger partial charge on any atom is -0.458 e. The number of esters is 5. The first-order valence-electron chi connectivity index (χ1n) is 24.0. The van der Waals surface area contributed by atoms with Crippen LogP contribution < -0.4 is 0 Å². The maximum absolute atomic E-state index is 13.3. The van der Waals surface area contributed by atoms with Gasteiger partial charge in [0.25, 0.3) is 0 Å². The summed E-state index contributed by atoms with van der Waals surface area (Å²) in [6.07, 6.45) is 22.7. The molecule has 0 aromatic rings. The average Bonchev–Trinajstić information content (AvgIpc) is 3.42. The minimum atomic E-state index is -1.32. The molecule has 1 saturated carbocycles. The van der Waals surface area contributed by atoms with Crippen LogP contribution in [0.2, 0.25) is 0 Å². The van der Waals surface area contributed by atoms with Gasteiger partial charge in [-0.05, 0) is 18.8 Å². The highest BCUT2D eigenvalue weighted by atomic mass is 16.7. The van der Waals surface area contributed by atoms with Crippen molar-refractivity contribution in [3.8, 4) is 0 Å². The van der Waals surface area contributed by atoms with Crippen LogP contribution in [0.1, 0.15) is 215 Å². The summed E-state index contributed by atoms with van der Waals surface area (Å²) >= 11 is 0. The van der Waals surface area contributed by atoms with Crippen LogP contribution in [0.4, 0.5) is 0 Å². The van der Waals surface area contributed by atoms with Gasteiger partial charge in [-0.3, -0.25) is 24.0 Å². The lowest BCUT2D eigenvalue weighted by Crippen LogP contribution is -2.43. The second-order valence-electron chi connectivity index (χ2n) is 17.1. The van der Waals surface area contributed by atoms with E-state index in [0.29, 0.717) is 13.0 Å². The molecule has 1 aliphatic carbocycles. The highest BCUT2D eigenvalue weighted by Gasteiger charge is 2.59. The largest absolute Gasteiger partial charge is 0.458 e. The Labute approximate surface area is 363 Å². The van der Waals surface area contributed by atoms with Crippen molar-refractivity contribution in [2.24, 2.45) is 5.92 Å². The molecule has 0 spiro atoms. The van der Waals surface area contributed by atoms with E-state index < -0.39 is 66.5 Å². The molecule has 0 radical (unpaired) electrons. The lowest BCUT2D eigenvalue weighted by Gasteiger charge is -2.27. The summed E-state index contributed by atoms with van der Waals surface area (Å²) in [6.45, 7) is 12.0. The van der Waals surface area contributed by atoms with Gasteiger partial charge in [-0.15, -0.1) is 0 Å². The van der Waals surface area contributed by atoms with E-state index in [-0.39, 0.29) is 19.6 Å². The molecule has 12 nitrogen and oxygen atoms in total. The summed E-state index contributed by atoms with van der Waals surface area (Å²) in [5, 5.41) is 0. The van der Waals surface area contributed by atoms with Crippen molar-refractivity contribution < 1.29 is 57.1 Å². The van der Waals surface area contributed by atoms with Crippen molar-refractivity contribution in [1.82, 2.24) is 0 Å². The molecule has 0 aromatic heterocycles. The van der Waals surface area contributed by atoms with E-state index >= 15 is 0 Å². The fourth-order valence-corrected chi connectivity index (χ4v) is 7.99. The Morgan fingerprint density at radius 1 is 0.433 bits per heavy atom. The van der Waals surface area contributed by atoms with E-state index in [1.807, 2.05) is 0 Å². The molecule has 12 heteroatoms. The van der Waals surface area contributed by atoms with Crippen molar-refractivity contribution in [2.45, 2.75) is 252 Å². The van der Waals surface area contributed by atoms with Gasteiger partial charge in [-0.1, -0.05) is 168 Å². The molecule has 1 fully saturated rings. The monoisotopic (exact) mass is 855 g/mol. The van der Waals surface area contributed by atoms with Crippen LogP contribution in [-0.2, 0) is 57.1 Å². The molecule has 0 aliphatic heterocycles. The molecular weight excluding hydrogens is 769 g/mol. The fraction of sp³-hybridized carbons (Fsp3) is 0.896. The standard InChI is InChI=1S/C48H86O12/c1-8-10-12-14-15-16-17-18-19-22-25-29-33-43(53)60-46-44(45(57-39(5)50)47(58-40(6)51)48(46)59-41(7)52)55-36-42(56-38(4)49)35-54-34-30-26-23-20-21-24-28-32-37(3)31-27-13-11-9-2/h37,42,44-48H,8-36H2,1-7H3/t37?,42-,44+,45+,46+,47-,48-/m0/s1. The Bertz CT molecular complexity index is 1140. The summed E-state index contributed by atoms with van der Waals surface area (Å²) in [5.74, 6) is -2.42. The van der Waals surface area contributed by atoms with Gasteiger partial charge in [0.2, 0.25) is 0 Å². The quantitative estimate of drug-likeness (QED) is 0.0330. The van der Waals surface area contributed by atoms with Crippen LogP contribution >= 0.6 is 0 Å². The van der Waals surface area contributed by atoms with E-state index in [0.717, 1.165) is 44.4 Å². The van der Waals surface area contributed by atoms with Gasteiger partial charge >= 0.3 is 29.8 Å². The Morgan fingerprint density at radius 2 is 0.817 bits per heavy atom. The van der Waals surface area contributed by atoms with Gasteiger partial charge in [-0.2, -0.15) is 0 Å². The Balaban J connectivity index is 2.74. The number of hydrogen-bond acceptors (Lipinski definition) is 12. The van der Waals surface area contributed by atoms with Gasteiger partial charge in [0, 0.05) is 40.7 Å². The van der Waals surface area contributed by atoms with Crippen LogP contribution in [0.5, 0.6) is 0 Å². The summed E-state index contributed by atoms with van der Waals surface area (Å²) < 4.78 is 40.2. The number of hydrogen-bond donors (Lipinski definition) is 0. The maximum Gasteiger partial charge on any atom is 0.306 e. The molecule has 1 rings (SSSR count). The minimum absolute atomic E-state index is 0.0469. The number of unbranched alkanes of at least 4 members (excludes halogenated alkanes) is 20. The molecule has 1 aliphatic rings. The molecule has 0 aromatic carbocycles. The Hall–Kier alpha value is -2.73. The number of carbonyl (C=O) groups is 5. The number of carbonyl (C=O) groups excluding carboxylic acids is 5. The molecule has 0 heterocycles. The molecular formula is C48H86O12. The summed E-state index contributed by atoms with van der Waals surface area (Å²) in [6, 6.07) is 0. The topological polar surface area (TPSA) is 150 Å². The normalized spacial score (nSPS) is 19.7. The predicted octanol–water partition coefficient (Wildman–Crippen LogP) is 10.9. The second-order valence-corrected chi connectivity index (χ2v) is 17.1. The van der Waals surface area contributed by atoms with Crippen molar-refractivity contribution in [3.63, 3.8) is 0 Å². The van der Waals surface area contributed by atoms with E-state index in [2.05, 4.69) is 20.8 Å². The van der Waals surface area contributed by atoms with Crippen molar-refractivity contribution in [2.75, 3.05) is 19.8 Å². The lowest BCUT2D eigenvalue weighted by atomic mass is 9.96. The van der Waals surface area contributed by atoms with E-state index in [4.69, 9.17) is 33.2 Å². The highest BCUT2D eigenvalue weighted by Crippen LogP contribution is 2.35. The SMILES string of the molecule is CCCCCCCCCCCCCCC(=O)O[C@@H]1[C@H](OC[C@H](COCCCCCCCCCC(C)CCCCCC)OC(C)=O)[C@@H](OC(C)=O)[C@H](OC(C)=O)[C@H]1OC(C)=O. The van der Waals surface area contributed by atoms with Gasteiger partial charge < -0.3 is 33.2 Å². The molecule has 0 saturated heterocycles. The molecule has 7 atom stereocenters. The van der Waals surface area contributed by atoms with E-state index in [1.54, 1.807) is 0 Å². The average molecular weight is 855 g/mol. The van der Waals surface area contributed by atoms with Crippen LogP contribution in [-0.4, -0.2) is 86.3 Å². The Kier molecular flexibility index (Phi) is 33.0. The lowest BCUT2D eigenvalue weighted by molar-refractivity contribution is -0.181. The first-order valence-corrected chi connectivity index (χ1v) is 24.0. The highest BCUT2D eigenvalue weighted by molar-refractivity contribution is 5.71. The molecule has 1 unspecified atom stereocenters. The Morgan fingerprint density at radius 3 is 1.27 bits per heavy atom. The number of rotatable bonds is 38. The third kappa shape index (κ3) is 28.0. The van der Waals surface area contributed by atoms with Crippen molar-refractivity contribution >= 4 is 29.8 Å². The zero-order valence-electron chi connectivity index (χ0n) is 38.9. The van der Waals surface area contributed by atoms with E-state index in [9.17, 15) is 24.0 Å². The van der Waals surface area contributed by atoms with Crippen LogP contribution in [0.3, 0.4) is 0 Å². The zero-order chi connectivity index (χ0) is 44.4. The van der Waals surface area contributed by atoms with Gasteiger partial charge in [0.15, 0.2) is 24.4 Å². The molecule has 60 heavy (non-hydrogen) atoms. The van der Waals surface area contributed by atoms with Crippen LogP contribution in [0.25, 0.3) is 0 Å². The summed E-state index contributed by atoms with van der Waals surface area (Å²) in [7, 11) is 0. The van der Waals surface area contributed by atoms with Crippen molar-refractivity contribution in [1.29, 1.82) is 0 Å². The number of ether oxygens (including phenoxy) is 7. The van der Waals surface area contributed by atoms with E-state index in [1.165, 1.54) is 143 Å². The summed E-state index contributed by atoms with van der Waals surface area (Å²) in [5.41, 5.74) is 0. The maximum atomic E-state index is 13.3. The van der Waals surface area contributed by atoms with Gasteiger partial charge in [0.05, 0.1) is 13.2 Å². The third-order valence-corrected chi connectivity index (χ3v) is 11.2. The van der Waals surface area contributed by atoms with Crippen LogP contribution in [0.15, 0.2) is 0 Å². The fourth-order valence-electron chi connectivity index (χ4n) is 7.99. The molecule has 350 valence electrons. The first-order chi connectivity index (χ1) is 28.9. The van der Waals surface area contributed by atoms with Crippen LogP contribution in [0, 0.1) is 5.92 Å². The molecule has 0 N–H and O–H groups in total. The first kappa shape index (κ1) is 55.3. The van der Waals surface area contributed by atoms with Crippen molar-refractivity contribution in [3.05, 3.63) is 0 Å². The molecule has 0 amide bonds. The molecule has 0 bridgehead atoms. The predicted molar refractivity (Wildman–Crippen MR) is 233 cm³/mol. The zero-order valence-corrected chi connectivity index (χ0v) is 38.9. The smallest absolute Gasteiger partial charge is 0.306 e. The second kappa shape index (κ2) is 35.8. The van der Waals surface area contributed by atoms with Gasteiger partial charge in [0.1, 0.15) is 12.2 Å². The summed E-state index contributed by atoms with van der Waals surface area (Å²) in [4.78, 5) is 62.2.